The van der Waals surface area contributed by atoms with Crippen LogP contribution in [-0.4, -0.2) is 21.5 Å². The second kappa shape index (κ2) is 9.16. The molecule has 1 heterocycles. The van der Waals surface area contributed by atoms with Gasteiger partial charge in [0.1, 0.15) is 11.5 Å². The Morgan fingerprint density at radius 1 is 1.03 bits per heavy atom. The molecule has 0 spiro atoms. The number of benzene rings is 2. The van der Waals surface area contributed by atoms with E-state index in [2.05, 4.69) is 10.3 Å². The summed E-state index contributed by atoms with van der Waals surface area (Å²) in [7, 11) is 0. The quantitative estimate of drug-likeness (QED) is 0.439. The largest absolute Gasteiger partial charge is 0.416 e. The molecule has 3 aromatic rings. The van der Waals surface area contributed by atoms with Crippen LogP contribution in [-0.2, 0) is 6.18 Å². The highest BCUT2D eigenvalue weighted by Crippen LogP contribution is 2.33. The predicted molar refractivity (Wildman–Crippen MR) is 118 cm³/mol. The van der Waals surface area contributed by atoms with Gasteiger partial charge in [-0.3, -0.25) is 9.36 Å². The summed E-state index contributed by atoms with van der Waals surface area (Å²) < 4.78 is 40.5. The summed E-state index contributed by atoms with van der Waals surface area (Å²) in [4.78, 5) is 17.4. The van der Waals surface area contributed by atoms with Crippen molar-refractivity contribution in [1.29, 1.82) is 0 Å². The van der Waals surface area contributed by atoms with Crippen molar-refractivity contribution in [2.45, 2.75) is 44.3 Å². The van der Waals surface area contributed by atoms with E-state index in [0.29, 0.717) is 27.1 Å². The minimum Gasteiger partial charge on any atom is -0.348 e. The number of aromatic nitrogens is 2. The molecule has 0 radical (unpaired) electrons. The molecular weight excluding hydrogens is 462 g/mol. The molecule has 2 aromatic carbocycles. The fourth-order valence-corrected chi connectivity index (χ4v) is 4.36. The maximum atomic E-state index is 13.0. The molecule has 9 heteroatoms. The molecule has 1 aliphatic rings. The van der Waals surface area contributed by atoms with Crippen LogP contribution in [0.5, 0.6) is 0 Å². The molecule has 168 valence electrons. The number of rotatable bonds is 4. The normalized spacial score (nSPS) is 15.0. The Bertz CT molecular complexity index is 1120. The molecule has 0 bridgehead atoms. The van der Waals surface area contributed by atoms with E-state index in [9.17, 15) is 18.0 Å². The molecule has 4 nitrogen and oxygen atoms in total. The highest BCUT2D eigenvalue weighted by molar-refractivity contribution is 6.36. The standard InChI is InChI=1S/C23H20Cl2F3N3O/c24-15-8-11-18(19(25)12-15)21-30-20(22(32)29-16-4-2-1-3-5-16)13-31(21)17-9-6-14(7-10-17)23(26,27)28/h6-13,16H,1-5H2,(H,29,32). The number of amides is 1. The summed E-state index contributed by atoms with van der Waals surface area (Å²) in [6.07, 6.45) is 2.20. The number of halogens is 5. The molecule has 32 heavy (non-hydrogen) atoms. The number of hydrogen-bond acceptors (Lipinski definition) is 2. The Morgan fingerprint density at radius 3 is 2.34 bits per heavy atom. The van der Waals surface area contributed by atoms with Crippen LogP contribution in [0.3, 0.4) is 0 Å². The Kier molecular flexibility index (Phi) is 6.49. The topological polar surface area (TPSA) is 46.9 Å². The van der Waals surface area contributed by atoms with Crippen LogP contribution in [0.4, 0.5) is 13.2 Å². The number of alkyl halides is 3. The van der Waals surface area contributed by atoms with Gasteiger partial charge in [0.25, 0.3) is 5.91 Å². The summed E-state index contributed by atoms with van der Waals surface area (Å²) in [5.74, 6) is 0.00844. The fourth-order valence-electron chi connectivity index (χ4n) is 3.86. The number of carbonyl (C=O) groups excluding carboxylic acids is 1. The van der Waals surface area contributed by atoms with Crippen molar-refractivity contribution in [2.75, 3.05) is 0 Å². The van der Waals surface area contributed by atoms with Gasteiger partial charge in [0.15, 0.2) is 0 Å². The lowest BCUT2D eigenvalue weighted by molar-refractivity contribution is -0.137. The Balaban J connectivity index is 1.74. The van der Waals surface area contributed by atoms with E-state index in [1.54, 1.807) is 22.8 Å². The average Bonchev–Trinajstić information content (AvgIpc) is 3.19. The molecule has 0 atom stereocenters. The van der Waals surface area contributed by atoms with Gasteiger partial charge in [-0.2, -0.15) is 13.2 Å². The number of hydrogen-bond donors (Lipinski definition) is 1. The smallest absolute Gasteiger partial charge is 0.348 e. The zero-order valence-electron chi connectivity index (χ0n) is 16.9. The van der Waals surface area contributed by atoms with Gasteiger partial charge in [0.05, 0.1) is 10.6 Å². The predicted octanol–water partition coefficient (Wildman–Crippen LogP) is 6.93. The van der Waals surface area contributed by atoms with Crippen molar-refractivity contribution in [1.82, 2.24) is 14.9 Å². The molecule has 1 aromatic heterocycles. The van der Waals surface area contributed by atoms with Crippen LogP contribution < -0.4 is 5.32 Å². The van der Waals surface area contributed by atoms with Gasteiger partial charge < -0.3 is 5.32 Å². The van der Waals surface area contributed by atoms with Gasteiger partial charge >= 0.3 is 6.18 Å². The van der Waals surface area contributed by atoms with Crippen LogP contribution in [0.25, 0.3) is 17.1 Å². The van der Waals surface area contributed by atoms with E-state index < -0.39 is 11.7 Å². The van der Waals surface area contributed by atoms with Crippen molar-refractivity contribution in [3.63, 3.8) is 0 Å². The highest BCUT2D eigenvalue weighted by atomic mass is 35.5. The lowest BCUT2D eigenvalue weighted by Crippen LogP contribution is -2.36. The van der Waals surface area contributed by atoms with Gasteiger partial charge in [-0.1, -0.05) is 42.5 Å². The SMILES string of the molecule is O=C(NC1CCCCC1)c1cn(-c2ccc(C(F)(F)F)cc2)c(-c2ccc(Cl)cc2Cl)n1. The van der Waals surface area contributed by atoms with Crippen LogP contribution in [0, 0.1) is 0 Å². The van der Waals surface area contributed by atoms with Crippen LogP contribution in [0.1, 0.15) is 48.2 Å². The van der Waals surface area contributed by atoms with Crippen molar-refractivity contribution in [3.8, 4) is 17.1 Å². The van der Waals surface area contributed by atoms with Crippen molar-refractivity contribution in [2.24, 2.45) is 0 Å². The van der Waals surface area contributed by atoms with Gasteiger partial charge in [-0.25, -0.2) is 4.98 Å². The minimum atomic E-state index is -4.44. The van der Waals surface area contributed by atoms with Crippen LogP contribution in [0.2, 0.25) is 10.0 Å². The number of carbonyl (C=O) groups is 1. The average molecular weight is 482 g/mol. The fraction of sp³-hybridized carbons (Fsp3) is 0.304. The second-order valence-electron chi connectivity index (χ2n) is 7.80. The van der Waals surface area contributed by atoms with Crippen molar-refractivity contribution in [3.05, 3.63) is 70.0 Å². The minimum absolute atomic E-state index is 0.0926. The molecule has 1 aliphatic carbocycles. The molecule has 0 aliphatic heterocycles. The number of imidazole rings is 1. The molecule has 4 rings (SSSR count). The van der Waals surface area contributed by atoms with E-state index in [1.165, 1.54) is 18.3 Å². The van der Waals surface area contributed by atoms with Gasteiger partial charge in [-0.15, -0.1) is 0 Å². The molecule has 0 unspecified atom stereocenters. The summed E-state index contributed by atoms with van der Waals surface area (Å²) >= 11 is 12.4. The first-order chi connectivity index (χ1) is 15.2. The zero-order chi connectivity index (χ0) is 22.9. The summed E-state index contributed by atoms with van der Waals surface area (Å²) in [5, 5.41) is 3.76. The molecule has 1 amide bonds. The van der Waals surface area contributed by atoms with E-state index >= 15 is 0 Å². The Labute approximate surface area is 193 Å². The maximum Gasteiger partial charge on any atom is 0.416 e. The summed E-state index contributed by atoms with van der Waals surface area (Å²) in [5.41, 5.74) is 0.329. The lowest BCUT2D eigenvalue weighted by atomic mass is 9.95. The van der Waals surface area contributed by atoms with Crippen LogP contribution >= 0.6 is 23.2 Å². The Hall–Kier alpha value is -2.51. The molecule has 1 saturated carbocycles. The maximum absolute atomic E-state index is 13.0. The molecule has 1 fully saturated rings. The third kappa shape index (κ3) is 4.94. The summed E-state index contributed by atoms with van der Waals surface area (Å²) in [6.45, 7) is 0. The molecule has 0 saturated heterocycles. The van der Waals surface area contributed by atoms with Crippen molar-refractivity contribution >= 4 is 29.1 Å². The first-order valence-electron chi connectivity index (χ1n) is 10.3. The first kappa shape index (κ1) is 22.7. The van der Waals surface area contributed by atoms with Gasteiger partial charge in [0, 0.05) is 28.5 Å². The molecular formula is C23H20Cl2F3N3O. The van der Waals surface area contributed by atoms with Crippen LogP contribution in [0.15, 0.2) is 48.7 Å². The third-order valence-corrected chi connectivity index (χ3v) is 6.07. The van der Waals surface area contributed by atoms with Gasteiger partial charge in [0.2, 0.25) is 0 Å². The Morgan fingerprint density at radius 2 is 1.72 bits per heavy atom. The highest BCUT2D eigenvalue weighted by Gasteiger charge is 2.30. The number of nitrogens with one attached hydrogen (secondary N) is 1. The van der Waals surface area contributed by atoms with E-state index in [-0.39, 0.29) is 17.6 Å². The monoisotopic (exact) mass is 481 g/mol. The lowest BCUT2D eigenvalue weighted by Gasteiger charge is -2.22. The second-order valence-corrected chi connectivity index (χ2v) is 8.64. The van der Waals surface area contributed by atoms with E-state index in [0.717, 1.165) is 44.2 Å². The third-order valence-electron chi connectivity index (χ3n) is 5.52. The summed E-state index contributed by atoms with van der Waals surface area (Å²) in [6, 6.07) is 9.59. The zero-order valence-corrected chi connectivity index (χ0v) is 18.4. The van der Waals surface area contributed by atoms with Gasteiger partial charge in [-0.05, 0) is 55.3 Å². The number of nitrogens with zero attached hydrogens (tertiary/aromatic N) is 2. The van der Waals surface area contributed by atoms with E-state index in [4.69, 9.17) is 23.2 Å². The van der Waals surface area contributed by atoms with Crippen molar-refractivity contribution < 1.29 is 18.0 Å². The molecule has 1 N–H and O–H groups in total. The first-order valence-corrected chi connectivity index (χ1v) is 11.0. The van der Waals surface area contributed by atoms with E-state index in [1.807, 2.05) is 0 Å².